The van der Waals surface area contributed by atoms with Crippen molar-refractivity contribution in [2.45, 2.75) is 124 Å². The summed E-state index contributed by atoms with van der Waals surface area (Å²) in [6.45, 7) is 21.0. The Bertz CT molecular complexity index is 1170. The summed E-state index contributed by atoms with van der Waals surface area (Å²) < 4.78 is 10.8. The monoisotopic (exact) mass is 568 g/mol. The number of rotatable bonds is 11. The fourth-order valence-corrected chi connectivity index (χ4v) is 4.77. The molecule has 0 radical (unpaired) electrons. The molecule has 0 aliphatic rings. The highest BCUT2D eigenvalue weighted by Crippen LogP contribution is 2.40. The molecule has 0 bridgehead atoms. The molecule has 6 heteroatoms. The summed E-state index contributed by atoms with van der Waals surface area (Å²) in [5.74, 6) is 0.128. The number of benzene rings is 2. The van der Waals surface area contributed by atoms with Crippen LogP contribution in [0.25, 0.3) is 0 Å². The van der Waals surface area contributed by atoms with Gasteiger partial charge in [0.05, 0.1) is 13.2 Å². The minimum Gasteiger partial charge on any atom is -0.507 e. The quantitative estimate of drug-likeness (QED) is 0.213. The summed E-state index contributed by atoms with van der Waals surface area (Å²) in [6, 6.07) is 7.89. The second-order valence-corrected chi connectivity index (χ2v) is 14.2. The van der Waals surface area contributed by atoms with Crippen molar-refractivity contribution in [1.29, 1.82) is 0 Å². The van der Waals surface area contributed by atoms with Gasteiger partial charge in [0.25, 0.3) is 0 Å². The Morgan fingerprint density at radius 2 is 0.951 bits per heavy atom. The molecule has 0 amide bonds. The zero-order chi connectivity index (χ0) is 31.2. The van der Waals surface area contributed by atoms with Crippen LogP contribution in [-0.2, 0) is 48.1 Å². The smallest absolute Gasteiger partial charge is 0.306 e. The van der Waals surface area contributed by atoms with Gasteiger partial charge in [0.1, 0.15) is 11.5 Å². The van der Waals surface area contributed by atoms with Crippen LogP contribution in [0.4, 0.5) is 0 Å². The van der Waals surface area contributed by atoms with Gasteiger partial charge in [0.15, 0.2) is 0 Å². The van der Waals surface area contributed by atoms with E-state index in [-0.39, 0.29) is 54.2 Å². The van der Waals surface area contributed by atoms with Crippen LogP contribution in [0.3, 0.4) is 0 Å². The molecule has 0 saturated heterocycles. The van der Waals surface area contributed by atoms with Gasteiger partial charge in [-0.3, -0.25) is 9.59 Å². The van der Waals surface area contributed by atoms with Crippen molar-refractivity contribution in [3.63, 3.8) is 0 Å². The van der Waals surface area contributed by atoms with Gasteiger partial charge in [-0.05, 0) is 82.2 Å². The number of phenolic OH excluding ortho intramolecular Hbond substituents is 2. The Kier molecular flexibility index (Phi) is 11.5. The predicted octanol–water partition coefficient (Wildman–Crippen LogP) is 7.73. The van der Waals surface area contributed by atoms with E-state index >= 15 is 0 Å². The number of unbranched alkanes of at least 4 members (excludes halogenated alkanes) is 1. The van der Waals surface area contributed by atoms with Crippen molar-refractivity contribution >= 4 is 11.9 Å². The van der Waals surface area contributed by atoms with Crippen molar-refractivity contribution in [3.05, 3.63) is 57.6 Å². The summed E-state index contributed by atoms with van der Waals surface area (Å²) in [4.78, 5) is 24.6. The standard InChI is InChI=1S/C35H52O6/c1-23-19-24(20-26(31(23)38)33(2,3)4)13-15-29(36)40-17-11-12-18-41-30(37)16-14-25-21-27(34(5,6)7)32(39)28(22-25)35(8,9)10/h19-22,38-39H,11-18H2,1-10H3. The second-order valence-electron chi connectivity index (χ2n) is 14.2. The van der Waals surface area contributed by atoms with Crippen LogP contribution in [0.2, 0.25) is 0 Å². The minimum absolute atomic E-state index is 0.189. The summed E-state index contributed by atoms with van der Waals surface area (Å²) in [7, 11) is 0. The van der Waals surface area contributed by atoms with E-state index in [9.17, 15) is 19.8 Å². The molecule has 0 unspecified atom stereocenters. The first-order valence-corrected chi connectivity index (χ1v) is 14.8. The van der Waals surface area contributed by atoms with Gasteiger partial charge < -0.3 is 19.7 Å². The largest absolute Gasteiger partial charge is 0.507 e. The number of ether oxygens (including phenoxy) is 2. The van der Waals surface area contributed by atoms with Gasteiger partial charge in [-0.2, -0.15) is 0 Å². The molecule has 2 aromatic carbocycles. The van der Waals surface area contributed by atoms with Crippen molar-refractivity contribution < 1.29 is 29.3 Å². The lowest BCUT2D eigenvalue weighted by Crippen LogP contribution is -2.18. The van der Waals surface area contributed by atoms with Crippen molar-refractivity contribution in [3.8, 4) is 11.5 Å². The van der Waals surface area contributed by atoms with Gasteiger partial charge >= 0.3 is 11.9 Å². The maximum atomic E-state index is 12.4. The van der Waals surface area contributed by atoms with Crippen LogP contribution >= 0.6 is 0 Å². The molecule has 0 aromatic heterocycles. The lowest BCUT2D eigenvalue weighted by Gasteiger charge is -2.28. The summed E-state index contributed by atoms with van der Waals surface area (Å²) in [5, 5.41) is 21.3. The number of hydrogen-bond donors (Lipinski definition) is 2. The molecule has 0 spiro atoms. The van der Waals surface area contributed by atoms with Crippen molar-refractivity contribution in [1.82, 2.24) is 0 Å². The molecular weight excluding hydrogens is 516 g/mol. The van der Waals surface area contributed by atoms with E-state index in [1.165, 1.54) is 0 Å². The van der Waals surface area contributed by atoms with E-state index in [4.69, 9.17) is 9.47 Å². The van der Waals surface area contributed by atoms with Crippen LogP contribution < -0.4 is 0 Å². The number of carbonyl (C=O) groups excluding carboxylic acids is 2. The van der Waals surface area contributed by atoms with Crippen molar-refractivity contribution in [2.75, 3.05) is 13.2 Å². The third-order valence-electron chi connectivity index (χ3n) is 7.25. The minimum atomic E-state index is -0.261. The van der Waals surface area contributed by atoms with Gasteiger partial charge in [-0.15, -0.1) is 0 Å². The number of aryl methyl sites for hydroxylation is 3. The van der Waals surface area contributed by atoms with Crippen molar-refractivity contribution in [2.24, 2.45) is 0 Å². The van der Waals surface area contributed by atoms with Gasteiger partial charge in [0.2, 0.25) is 0 Å². The van der Waals surface area contributed by atoms with Crippen LogP contribution in [0.15, 0.2) is 24.3 Å². The van der Waals surface area contributed by atoms with Crippen LogP contribution in [0.5, 0.6) is 11.5 Å². The summed E-state index contributed by atoms with van der Waals surface area (Å²) in [6.07, 6.45) is 2.87. The number of carbonyl (C=O) groups is 2. The first-order chi connectivity index (χ1) is 18.8. The molecule has 6 nitrogen and oxygen atoms in total. The zero-order valence-electron chi connectivity index (χ0n) is 27.0. The average molecular weight is 569 g/mol. The number of hydrogen-bond acceptors (Lipinski definition) is 6. The molecule has 0 aliphatic heterocycles. The van der Waals surface area contributed by atoms with Crippen LogP contribution in [0, 0.1) is 6.92 Å². The maximum Gasteiger partial charge on any atom is 0.306 e. The summed E-state index contributed by atoms with van der Waals surface area (Å²) >= 11 is 0. The fraction of sp³-hybridized carbons (Fsp3) is 0.600. The number of esters is 2. The third-order valence-corrected chi connectivity index (χ3v) is 7.25. The fourth-order valence-electron chi connectivity index (χ4n) is 4.77. The van der Waals surface area contributed by atoms with E-state index in [0.717, 1.165) is 33.4 Å². The molecule has 0 fully saturated rings. The normalized spacial score (nSPS) is 12.3. The molecule has 0 atom stereocenters. The average Bonchev–Trinajstić information content (AvgIpc) is 2.83. The first kappa shape index (κ1) is 34.2. The Labute approximate surface area is 247 Å². The van der Waals surface area contributed by atoms with E-state index in [1.807, 2.05) is 31.2 Å². The maximum absolute atomic E-state index is 12.4. The highest BCUT2D eigenvalue weighted by atomic mass is 16.5. The number of aromatic hydroxyl groups is 2. The van der Waals surface area contributed by atoms with E-state index < -0.39 is 0 Å². The van der Waals surface area contributed by atoms with Gasteiger partial charge in [-0.1, -0.05) is 86.6 Å². The molecule has 0 heterocycles. The number of phenols is 2. The Morgan fingerprint density at radius 1 is 0.610 bits per heavy atom. The zero-order valence-corrected chi connectivity index (χ0v) is 27.0. The highest BCUT2D eigenvalue weighted by molar-refractivity contribution is 5.70. The molecule has 2 rings (SSSR count). The summed E-state index contributed by atoms with van der Waals surface area (Å²) in [5.41, 5.74) is 4.85. The van der Waals surface area contributed by atoms with Gasteiger partial charge in [-0.25, -0.2) is 0 Å². The van der Waals surface area contributed by atoms with Crippen LogP contribution in [0.1, 0.15) is 121 Å². The van der Waals surface area contributed by atoms with E-state index in [2.05, 4.69) is 62.3 Å². The molecule has 2 N–H and O–H groups in total. The Balaban J connectivity index is 1.74. The molecule has 0 aliphatic carbocycles. The molecule has 0 saturated carbocycles. The molecule has 228 valence electrons. The third kappa shape index (κ3) is 10.4. The highest BCUT2D eigenvalue weighted by Gasteiger charge is 2.26. The lowest BCUT2D eigenvalue weighted by atomic mass is 9.78. The SMILES string of the molecule is Cc1cc(CCC(=O)OCCCCOC(=O)CCc2cc(C(C)(C)C)c(O)c(C(C)(C)C)c2)cc(C(C)(C)C)c1O. The van der Waals surface area contributed by atoms with E-state index in [0.29, 0.717) is 37.2 Å². The van der Waals surface area contributed by atoms with E-state index in [1.54, 1.807) is 0 Å². The first-order valence-electron chi connectivity index (χ1n) is 14.8. The predicted molar refractivity (Wildman–Crippen MR) is 165 cm³/mol. The molecular formula is C35H52O6. The molecule has 41 heavy (non-hydrogen) atoms. The Morgan fingerprint density at radius 3 is 1.32 bits per heavy atom. The Hall–Kier alpha value is -3.02. The second kappa shape index (κ2) is 13.8. The lowest BCUT2D eigenvalue weighted by molar-refractivity contribution is -0.146. The molecule has 2 aromatic rings. The van der Waals surface area contributed by atoms with Crippen LogP contribution in [-0.4, -0.2) is 35.4 Å². The topological polar surface area (TPSA) is 93.1 Å². The van der Waals surface area contributed by atoms with Gasteiger partial charge in [0, 0.05) is 12.8 Å².